The summed E-state index contributed by atoms with van der Waals surface area (Å²) in [5, 5.41) is 9.72. The number of aromatic hydroxyl groups is 1. The number of hydrogen-bond acceptors (Lipinski definition) is 3. The van der Waals surface area contributed by atoms with Crippen LogP contribution in [0, 0.1) is 0 Å². The molecular formula is C14H9F3N2O2. The van der Waals surface area contributed by atoms with Crippen molar-refractivity contribution in [3.05, 3.63) is 53.3 Å². The summed E-state index contributed by atoms with van der Waals surface area (Å²) < 4.78 is 37.4. The lowest BCUT2D eigenvalue weighted by atomic mass is 10.1. The van der Waals surface area contributed by atoms with Gasteiger partial charge >= 0.3 is 6.18 Å². The van der Waals surface area contributed by atoms with Crippen LogP contribution in [-0.2, 0) is 12.7 Å². The molecule has 1 aliphatic heterocycles. The first-order valence-electron chi connectivity index (χ1n) is 6.04. The maximum atomic E-state index is 12.5. The Morgan fingerprint density at radius 1 is 1.19 bits per heavy atom. The molecule has 4 nitrogen and oxygen atoms in total. The fraction of sp³-hybridized carbons (Fsp3) is 0.143. The highest BCUT2D eigenvalue weighted by molar-refractivity contribution is 6.10. The standard InChI is InChI=1S/C14H9F3N2O2/c15-14(16,17)12-5-4-8(6-18-12)19-7-10-9(13(19)21)2-1-3-11(10)20/h1-6,20H,7H2. The Balaban J connectivity index is 1.94. The minimum Gasteiger partial charge on any atom is -0.508 e. The van der Waals surface area contributed by atoms with E-state index in [1.807, 2.05) is 0 Å². The van der Waals surface area contributed by atoms with Gasteiger partial charge in [-0.1, -0.05) is 6.07 Å². The predicted molar refractivity (Wildman–Crippen MR) is 67.9 cm³/mol. The van der Waals surface area contributed by atoms with Crippen molar-refractivity contribution in [2.75, 3.05) is 4.90 Å². The second-order valence-corrected chi connectivity index (χ2v) is 4.59. The van der Waals surface area contributed by atoms with Gasteiger partial charge < -0.3 is 10.0 Å². The minimum absolute atomic E-state index is 0.0109. The second kappa shape index (κ2) is 4.47. The van der Waals surface area contributed by atoms with Crippen LogP contribution < -0.4 is 4.90 Å². The summed E-state index contributed by atoms with van der Waals surface area (Å²) in [6.45, 7) is 0.105. The van der Waals surface area contributed by atoms with Crippen molar-refractivity contribution in [1.82, 2.24) is 4.98 Å². The molecule has 2 aromatic rings. The van der Waals surface area contributed by atoms with Crippen LogP contribution in [0.15, 0.2) is 36.5 Å². The van der Waals surface area contributed by atoms with Crippen LogP contribution in [-0.4, -0.2) is 16.0 Å². The molecule has 0 unspecified atom stereocenters. The highest BCUT2D eigenvalue weighted by Crippen LogP contribution is 2.34. The van der Waals surface area contributed by atoms with Gasteiger partial charge in [-0.05, 0) is 24.3 Å². The molecule has 0 atom stereocenters. The van der Waals surface area contributed by atoms with E-state index in [0.717, 1.165) is 12.3 Å². The molecule has 1 aromatic carbocycles. The van der Waals surface area contributed by atoms with Crippen molar-refractivity contribution in [2.45, 2.75) is 12.7 Å². The molecule has 1 aromatic heterocycles. The fourth-order valence-electron chi connectivity index (χ4n) is 2.24. The Bertz CT molecular complexity index is 711. The number of pyridine rings is 1. The van der Waals surface area contributed by atoms with E-state index in [4.69, 9.17) is 0 Å². The summed E-state index contributed by atoms with van der Waals surface area (Å²) >= 11 is 0. The van der Waals surface area contributed by atoms with Crippen LogP contribution >= 0.6 is 0 Å². The van der Waals surface area contributed by atoms with Gasteiger partial charge in [-0.25, -0.2) is 4.98 Å². The van der Waals surface area contributed by atoms with E-state index < -0.39 is 11.9 Å². The van der Waals surface area contributed by atoms with E-state index in [1.165, 1.54) is 17.0 Å². The summed E-state index contributed by atoms with van der Waals surface area (Å²) in [4.78, 5) is 16.8. The normalized spacial score (nSPS) is 14.4. The SMILES string of the molecule is O=C1c2cccc(O)c2CN1c1ccc(C(F)(F)F)nc1. The average molecular weight is 294 g/mol. The van der Waals surface area contributed by atoms with Gasteiger partial charge in [-0.3, -0.25) is 4.79 Å². The van der Waals surface area contributed by atoms with Crippen molar-refractivity contribution in [1.29, 1.82) is 0 Å². The van der Waals surface area contributed by atoms with E-state index in [-0.39, 0.29) is 23.9 Å². The maximum Gasteiger partial charge on any atom is 0.433 e. The molecule has 7 heteroatoms. The lowest BCUT2D eigenvalue weighted by Gasteiger charge is -2.16. The number of phenolic OH excluding ortho intramolecular Hbond substituents is 1. The number of benzene rings is 1. The van der Waals surface area contributed by atoms with E-state index in [1.54, 1.807) is 12.1 Å². The summed E-state index contributed by atoms with van der Waals surface area (Å²) in [6.07, 6.45) is -3.52. The zero-order valence-electron chi connectivity index (χ0n) is 10.6. The number of anilines is 1. The first kappa shape index (κ1) is 13.4. The van der Waals surface area contributed by atoms with E-state index in [0.29, 0.717) is 11.1 Å². The smallest absolute Gasteiger partial charge is 0.433 e. The largest absolute Gasteiger partial charge is 0.508 e. The van der Waals surface area contributed by atoms with E-state index in [2.05, 4.69) is 4.98 Å². The summed E-state index contributed by atoms with van der Waals surface area (Å²) in [7, 11) is 0. The first-order chi connectivity index (χ1) is 9.88. The average Bonchev–Trinajstić information content (AvgIpc) is 2.77. The highest BCUT2D eigenvalue weighted by Gasteiger charge is 2.34. The Labute approximate surface area is 117 Å². The third kappa shape index (κ3) is 2.20. The van der Waals surface area contributed by atoms with Crippen LogP contribution in [0.25, 0.3) is 0 Å². The van der Waals surface area contributed by atoms with Gasteiger partial charge in [-0.15, -0.1) is 0 Å². The number of amides is 1. The molecule has 0 spiro atoms. The van der Waals surface area contributed by atoms with E-state index >= 15 is 0 Å². The van der Waals surface area contributed by atoms with Gasteiger partial charge in [0.1, 0.15) is 11.4 Å². The first-order valence-corrected chi connectivity index (χ1v) is 6.04. The number of alkyl halides is 3. The van der Waals surface area contributed by atoms with Crippen molar-refractivity contribution in [3.63, 3.8) is 0 Å². The van der Waals surface area contributed by atoms with Gasteiger partial charge in [0.25, 0.3) is 5.91 Å². The summed E-state index contributed by atoms with van der Waals surface area (Å²) in [6, 6.07) is 6.58. The predicted octanol–water partition coefficient (Wildman–Crippen LogP) is 2.97. The van der Waals surface area contributed by atoms with Crippen LogP contribution in [0.5, 0.6) is 5.75 Å². The molecule has 3 rings (SSSR count). The Hall–Kier alpha value is -2.57. The molecule has 1 N–H and O–H groups in total. The van der Waals surface area contributed by atoms with Crippen LogP contribution in [0.3, 0.4) is 0 Å². The van der Waals surface area contributed by atoms with Crippen LogP contribution in [0.2, 0.25) is 0 Å². The molecule has 1 amide bonds. The second-order valence-electron chi connectivity index (χ2n) is 4.59. The van der Waals surface area contributed by atoms with Crippen LogP contribution in [0.4, 0.5) is 18.9 Å². The number of halogens is 3. The van der Waals surface area contributed by atoms with E-state index in [9.17, 15) is 23.1 Å². The monoisotopic (exact) mass is 294 g/mol. The van der Waals surface area contributed by atoms with Crippen molar-refractivity contribution < 1.29 is 23.1 Å². The Morgan fingerprint density at radius 3 is 2.52 bits per heavy atom. The number of hydrogen-bond donors (Lipinski definition) is 1. The lowest BCUT2D eigenvalue weighted by molar-refractivity contribution is -0.141. The zero-order valence-corrected chi connectivity index (χ0v) is 10.6. The third-order valence-corrected chi connectivity index (χ3v) is 3.29. The Morgan fingerprint density at radius 2 is 1.95 bits per heavy atom. The maximum absolute atomic E-state index is 12.5. The quantitative estimate of drug-likeness (QED) is 0.879. The van der Waals surface area contributed by atoms with Gasteiger partial charge in [0.2, 0.25) is 0 Å². The number of phenols is 1. The van der Waals surface area contributed by atoms with Crippen molar-refractivity contribution >= 4 is 11.6 Å². The molecule has 0 aliphatic carbocycles. The summed E-state index contributed by atoms with van der Waals surface area (Å²) in [5.41, 5.74) is 0.0409. The molecule has 0 fully saturated rings. The Kier molecular flexibility index (Phi) is 2.86. The highest BCUT2D eigenvalue weighted by atomic mass is 19.4. The molecule has 0 bridgehead atoms. The number of aromatic nitrogens is 1. The van der Waals surface area contributed by atoms with Gasteiger partial charge in [0.05, 0.1) is 18.4 Å². The number of rotatable bonds is 1. The molecule has 2 heterocycles. The van der Waals surface area contributed by atoms with Gasteiger partial charge in [-0.2, -0.15) is 13.2 Å². The summed E-state index contributed by atoms with van der Waals surface area (Å²) in [5.74, 6) is -0.384. The van der Waals surface area contributed by atoms with Crippen LogP contribution in [0.1, 0.15) is 21.6 Å². The molecule has 108 valence electrons. The van der Waals surface area contributed by atoms with Crippen molar-refractivity contribution in [2.24, 2.45) is 0 Å². The third-order valence-electron chi connectivity index (χ3n) is 3.29. The molecule has 0 saturated heterocycles. The van der Waals surface area contributed by atoms with Crippen molar-refractivity contribution in [3.8, 4) is 5.75 Å². The number of carbonyl (C=O) groups is 1. The minimum atomic E-state index is -4.52. The number of nitrogens with zero attached hydrogens (tertiary/aromatic N) is 2. The topological polar surface area (TPSA) is 53.4 Å². The van der Waals surface area contributed by atoms with Gasteiger partial charge in [0, 0.05) is 11.1 Å². The van der Waals surface area contributed by atoms with Gasteiger partial charge in [0.15, 0.2) is 0 Å². The zero-order chi connectivity index (χ0) is 15.2. The fourth-order valence-corrected chi connectivity index (χ4v) is 2.24. The number of carbonyl (C=O) groups excluding carboxylic acids is 1. The molecule has 0 radical (unpaired) electrons. The number of fused-ring (bicyclic) bond motifs is 1. The molecule has 0 saturated carbocycles. The lowest BCUT2D eigenvalue weighted by Crippen LogP contribution is -2.23. The molecular weight excluding hydrogens is 285 g/mol. The molecule has 21 heavy (non-hydrogen) atoms. The molecule has 1 aliphatic rings.